The van der Waals surface area contributed by atoms with Gasteiger partial charge in [0.15, 0.2) is 0 Å². The molecule has 8 nitrogen and oxygen atoms in total. The Bertz CT molecular complexity index is 769. The Kier molecular flexibility index (Phi) is 6.69. The van der Waals surface area contributed by atoms with E-state index in [-0.39, 0.29) is 36.4 Å². The molecule has 0 unspecified atom stereocenters. The van der Waals surface area contributed by atoms with E-state index in [0.717, 1.165) is 57.6 Å². The predicted molar refractivity (Wildman–Crippen MR) is 102 cm³/mol. The van der Waals surface area contributed by atoms with Crippen molar-refractivity contribution in [1.82, 2.24) is 9.97 Å². The Labute approximate surface area is 163 Å². The van der Waals surface area contributed by atoms with Gasteiger partial charge in [-0.2, -0.15) is 4.90 Å². The first kappa shape index (κ1) is 19.9. The van der Waals surface area contributed by atoms with Gasteiger partial charge < -0.3 is 9.47 Å². The number of aromatic amines is 1. The van der Waals surface area contributed by atoms with Crippen molar-refractivity contribution in [1.29, 1.82) is 0 Å². The number of aromatic nitrogens is 2. The summed E-state index contributed by atoms with van der Waals surface area (Å²) in [7, 11) is 0. The number of nitrogens with zero attached hydrogens (tertiary/aromatic N) is 2. The topological polar surface area (TPSA) is 102 Å². The van der Waals surface area contributed by atoms with Crippen molar-refractivity contribution < 1.29 is 19.1 Å². The molecule has 3 rings (SSSR count). The third kappa shape index (κ3) is 4.91. The molecule has 0 bridgehead atoms. The number of rotatable bonds is 5. The second-order valence-electron chi connectivity index (χ2n) is 7.39. The third-order valence-electron chi connectivity index (χ3n) is 5.37. The minimum atomic E-state index is -0.915. The standard InChI is InChI=1S/C20H25N3O5/c1-2-16-11-21-18(24)22-17(16)23(19(25)27-12-14-7-3-4-8-14)20(26)28-13-15-9-5-6-10-15/h1,11,14-15H,3-10,12-13H2,(H,21,22,24). The predicted octanol–water partition coefficient (Wildman–Crippen LogP) is 3.21. The third-order valence-corrected chi connectivity index (χ3v) is 5.37. The maximum absolute atomic E-state index is 12.7. The number of anilines is 1. The van der Waals surface area contributed by atoms with Gasteiger partial charge in [0, 0.05) is 0 Å². The SMILES string of the molecule is C#Cc1cnc(=O)[nH]c1N(C(=O)OCC1CCCC1)C(=O)OCC1CCCC1. The Hall–Kier alpha value is -2.82. The summed E-state index contributed by atoms with van der Waals surface area (Å²) in [6, 6.07) is 0. The summed E-state index contributed by atoms with van der Waals surface area (Å²) >= 11 is 0. The van der Waals surface area contributed by atoms with Gasteiger partial charge in [-0.1, -0.05) is 31.6 Å². The fourth-order valence-corrected chi connectivity index (χ4v) is 3.79. The van der Waals surface area contributed by atoms with E-state index in [1.54, 1.807) is 0 Å². The maximum Gasteiger partial charge on any atom is 0.425 e. The van der Waals surface area contributed by atoms with Crippen LogP contribution in [0.5, 0.6) is 0 Å². The molecule has 0 radical (unpaired) electrons. The highest BCUT2D eigenvalue weighted by atomic mass is 16.6. The lowest BCUT2D eigenvalue weighted by molar-refractivity contribution is 0.116. The van der Waals surface area contributed by atoms with Gasteiger partial charge in [-0.15, -0.1) is 6.42 Å². The van der Waals surface area contributed by atoms with Crippen LogP contribution in [0.4, 0.5) is 15.4 Å². The number of nitrogens with one attached hydrogen (secondary N) is 1. The first-order valence-corrected chi connectivity index (χ1v) is 9.78. The maximum atomic E-state index is 12.7. The van der Waals surface area contributed by atoms with Gasteiger partial charge in [-0.3, -0.25) is 4.98 Å². The summed E-state index contributed by atoms with van der Waals surface area (Å²) in [4.78, 5) is 43.7. The Morgan fingerprint density at radius 3 is 2.04 bits per heavy atom. The molecule has 2 fully saturated rings. The molecule has 2 amide bonds. The zero-order chi connectivity index (χ0) is 19.9. The minimum Gasteiger partial charge on any atom is -0.448 e. The smallest absolute Gasteiger partial charge is 0.425 e. The van der Waals surface area contributed by atoms with Gasteiger partial charge in [-0.25, -0.2) is 19.4 Å². The summed E-state index contributed by atoms with van der Waals surface area (Å²) in [5, 5.41) is 0. The summed E-state index contributed by atoms with van der Waals surface area (Å²) in [5.41, 5.74) is -0.638. The molecule has 1 N–H and O–H groups in total. The Morgan fingerprint density at radius 1 is 1.07 bits per heavy atom. The number of terminal acetylenes is 1. The first-order valence-electron chi connectivity index (χ1n) is 9.78. The van der Waals surface area contributed by atoms with Crippen LogP contribution in [0.1, 0.15) is 56.9 Å². The number of imide groups is 1. The highest BCUT2D eigenvalue weighted by molar-refractivity contribution is 6.09. The van der Waals surface area contributed by atoms with E-state index < -0.39 is 17.9 Å². The van der Waals surface area contributed by atoms with Crippen molar-refractivity contribution in [3.8, 4) is 12.3 Å². The zero-order valence-electron chi connectivity index (χ0n) is 15.8. The van der Waals surface area contributed by atoms with Crippen molar-refractivity contribution in [2.45, 2.75) is 51.4 Å². The molecule has 2 aliphatic carbocycles. The van der Waals surface area contributed by atoms with Gasteiger partial charge in [-0.05, 0) is 37.5 Å². The van der Waals surface area contributed by atoms with Crippen molar-refractivity contribution in [2.24, 2.45) is 11.8 Å². The molecule has 150 valence electrons. The average molecular weight is 387 g/mol. The Balaban J connectivity index is 1.77. The molecule has 1 aromatic rings. The van der Waals surface area contributed by atoms with Gasteiger partial charge >= 0.3 is 17.9 Å². The minimum absolute atomic E-state index is 0.0928. The zero-order valence-corrected chi connectivity index (χ0v) is 15.8. The van der Waals surface area contributed by atoms with E-state index >= 15 is 0 Å². The van der Waals surface area contributed by atoms with Gasteiger partial charge in [0.05, 0.1) is 25.0 Å². The molecule has 0 aromatic carbocycles. The highest BCUT2D eigenvalue weighted by Crippen LogP contribution is 2.27. The van der Waals surface area contributed by atoms with Crippen LogP contribution in [-0.2, 0) is 9.47 Å². The largest absolute Gasteiger partial charge is 0.448 e. The van der Waals surface area contributed by atoms with Gasteiger partial charge in [0.25, 0.3) is 0 Å². The first-order chi connectivity index (χ1) is 13.6. The number of hydrogen-bond donors (Lipinski definition) is 1. The van der Waals surface area contributed by atoms with E-state index in [0.29, 0.717) is 4.90 Å². The van der Waals surface area contributed by atoms with Crippen LogP contribution in [0.15, 0.2) is 11.0 Å². The van der Waals surface area contributed by atoms with Gasteiger partial charge in [0.1, 0.15) is 5.82 Å². The molecule has 0 atom stereocenters. The fraction of sp³-hybridized carbons (Fsp3) is 0.600. The molecular formula is C20H25N3O5. The number of carbonyl (C=O) groups is 2. The molecular weight excluding hydrogens is 362 g/mol. The molecule has 1 aromatic heterocycles. The lowest BCUT2D eigenvalue weighted by Crippen LogP contribution is -2.41. The van der Waals surface area contributed by atoms with E-state index in [1.807, 2.05) is 0 Å². The molecule has 8 heteroatoms. The lowest BCUT2D eigenvalue weighted by atomic mass is 10.1. The second-order valence-corrected chi connectivity index (χ2v) is 7.39. The molecule has 2 aliphatic rings. The molecule has 1 heterocycles. The van der Waals surface area contributed by atoms with Crippen LogP contribution in [0.2, 0.25) is 0 Å². The summed E-state index contributed by atoms with van der Waals surface area (Å²) in [6.45, 7) is 0.428. The molecule has 2 saturated carbocycles. The van der Waals surface area contributed by atoms with Crippen molar-refractivity contribution in [3.63, 3.8) is 0 Å². The number of H-pyrrole nitrogens is 1. The van der Waals surface area contributed by atoms with E-state index in [4.69, 9.17) is 15.9 Å². The second kappa shape index (κ2) is 9.40. The number of ether oxygens (including phenoxy) is 2. The van der Waals surface area contributed by atoms with Gasteiger partial charge in [0.2, 0.25) is 0 Å². The van der Waals surface area contributed by atoms with Crippen molar-refractivity contribution in [3.05, 3.63) is 22.2 Å². The quantitative estimate of drug-likeness (QED) is 0.779. The van der Waals surface area contributed by atoms with Crippen LogP contribution < -0.4 is 10.6 Å². The van der Waals surface area contributed by atoms with Crippen LogP contribution in [-0.4, -0.2) is 35.4 Å². The number of amides is 2. The molecule has 0 spiro atoms. The van der Waals surface area contributed by atoms with Crippen LogP contribution >= 0.6 is 0 Å². The van der Waals surface area contributed by atoms with Crippen molar-refractivity contribution >= 4 is 18.0 Å². The number of hydrogen-bond acceptors (Lipinski definition) is 6. The summed E-state index contributed by atoms with van der Waals surface area (Å²) < 4.78 is 10.7. The number of carbonyl (C=O) groups excluding carboxylic acids is 2. The van der Waals surface area contributed by atoms with E-state index in [9.17, 15) is 14.4 Å². The molecule has 0 saturated heterocycles. The van der Waals surface area contributed by atoms with E-state index in [2.05, 4.69) is 15.9 Å². The van der Waals surface area contributed by atoms with Crippen LogP contribution in [0, 0.1) is 24.2 Å². The Morgan fingerprint density at radius 2 is 1.57 bits per heavy atom. The van der Waals surface area contributed by atoms with Crippen molar-refractivity contribution in [2.75, 3.05) is 18.1 Å². The normalized spacial score (nSPS) is 17.2. The van der Waals surface area contributed by atoms with Crippen LogP contribution in [0.3, 0.4) is 0 Å². The van der Waals surface area contributed by atoms with E-state index in [1.165, 1.54) is 0 Å². The summed E-state index contributed by atoms with van der Waals surface area (Å²) in [5.74, 6) is 2.72. The molecule has 0 aliphatic heterocycles. The fourth-order valence-electron chi connectivity index (χ4n) is 3.79. The average Bonchev–Trinajstić information content (AvgIpc) is 3.39. The van der Waals surface area contributed by atoms with Crippen LogP contribution in [0.25, 0.3) is 0 Å². The molecule has 28 heavy (non-hydrogen) atoms. The summed E-state index contributed by atoms with van der Waals surface area (Å²) in [6.07, 6.45) is 13.1. The monoisotopic (exact) mass is 387 g/mol. The lowest BCUT2D eigenvalue weighted by Gasteiger charge is -2.22. The highest BCUT2D eigenvalue weighted by Gasteiger charge is 2.31.